The Morgan fingerprint density at radius 3 is 2.14 bits per heavy atom. The molecule has 0 aromatic heterocycles. The van der Waals surface area contributed by atoms with E-state index in [0.29, 0.717) is 12.3 Å². The van der Waals surface area contributed by atoms with Gasteiger partial charge in [0.25, 0.3) is 0 Å². The summed E-state index contributed by atoms with van der Waals surface area (Å²) < 4.78 is 0. The minimum absolute atomic E-state index is 0.338. The van der Waals surface area contributed by atoms with E-state index >= 15 is 0 Å². The predicted octanol–water partition coefficient (Wildman–Crippen LogP) is 3.30. The number of hydrogen-bond donors (Lipinski definition) is 0. The molecular weight excluding hydrogens is 172 g/mol. The Morgan fingerprint density at radius 1 is 1.21 bits per heavy atom. The van der Waals surface area contributed by atoms with Crippen molar-refractivity contribution in [2.24, 2.45) is 0 Å². The second-order valence-corrected chi connectivity index (χ2v) is 4.08. The van der Waals surface area contributed by atoms with Crippen molar-refractivity contribution >= 4 is 6.29 Å². The molecule has 0 bridgehead atoms. The number of aldehydes is 1. The first kappa shape index (κ1) is 11.0. The number of aryl methyl sites for hydroxylation is 2. The fourth-order valence-electron chi connectivity index (χ4n) is 1.63. The van der Waals surface area contributed by atoms with Crippen LogP contribution in [0, 0.1) is 20.8 Å². The number of benzene rings is 1. The summed E-state index contributed by atoms with van der Waals surface area (Å²) in [5.41, 5.74) is 5.26. The van der Waals surface area contributed by atoms with Gasteiger partial charge < -0.3 is 4.79 Å². The molecule has 0 aliphatic rings. The van der Waals surface area contributed by atoms with Crippen molar-refractivity contribution in [2.75, 3.05) is 0 Å². The van der Waals surface area contributed by atoms with Gasteiger partial charge >= 0.3 is 0 Å². The molecule has 1 nitrogen and oxygen atoms in total. The summed E-state index contributed by atoms with van der Waals surface area (Å²) in [5.74, 6) is 0.338. The van der Waals surface area contributed by atoms with Crippen molar-refractivity contribution in [2.45, 2.75) is 40.0 Å². The van der Waals surface area contributed by atoms with Gasteiger partial charge in [0.05, 0.1) is 0 Å². The van der Waals surface area contributed by atoms with Crippen molar-refractivity contribution < 1.29 is 4.79 Å². The van der Waals surface area contributed by atoms with E-state index in [0.717, 1.165) is 6.29 Å². The van der Waals surface area contributed by atoms with Crippen LogP contribution in [-0.4, -0.2) is 6.29 Å². The molecule has 0 spiro atoms. The van der Waals surface area contributed by atoms with Gasteiger partial charge in [0.1, 0.15) is 6.29 Å². The van der Waals surface area contributed by atoms with Gasteiger partial charge in [0.2, 0.25) is 0 Å². The van der Waals surface area contributed by atoms with E-state index < -0.39 is 0 Å². The average molecular weight is 190 g/mol. The summed E-state index contributed by atoms with van der Waals surface area (Å²) in [4.78, 5) is 10.4. The molecule has 1 heteroatoms. The lowest BCUT2D eigenvalue weighted by molar-refractivity contribution is -0.108. The average Bonchev–Trinajstić information content (AvgIpc) is 2.13. The van der Waals surface area contributed by atoms with Crippen molar-refractivity contribution in [3.8, 4) is 0 Å². The Bertz CT molecular complexity index is 316. The first-order valence-corrected chi connectivity index (χ1v) is 5.07. The van der Waals surface area contributed by atoms with Gasteiger partial charge in [0.15, 0.2) is 0 Å². The third-order valence-corrected chi connectivity index (χ3v) is 2.97. The van der Waals surface area contributed by atoms with Crippen LogP contribution in [-0.2, 0) is 4.79 Å². The zero-order valence-electron chi connectivity index (χ0n) is 9.42. The van der Waals surface area contributed by atoms with E-state index in [1.807, 2.05) is 0 Å². The normalized spacial score (nSPS) is 12.6. The van der Waals surface area contributed by atoms with Crippen LogP contribution in [0.4, 0.5) is 0 Å². The lowest BCUT2D eigenvalue weighted by Gasteiger charge is -2.13. The molecule has 0 saturated carbocycles. The number of carbonyl (C=O) groups is 1. The smallest absolute Gasteiger partial charge is 0.120 e. The molecule has 1 aromatic rings. The van der Waals surface area contributed by atoms with E-state index in [-0.39, 0.29) is 0 Å². The topological polar surface area (TPSA) is 17.1 Å². The quantitative estimate of drug-likeness (QED) is 0.668. The molecule has 1 rings (SSSR count). The van der Waals surface area contributed by atoms with Crippen LogP contribution < -0.4 is 0 Å². The Kier molecular flexibility index (Phi) is 3.45. The van der Waals surface area contributed by atoms with E-state index in [2.05, 4.69) is 39.8 Å². The first-order valence-electron chi connectivity index (χ1n) is 5.07. The van der Waals surface area contributed by atoms with Crippen molar-refractivity contribution in [3.05, 3.63) is 34.4 Å². The molecule has 0 fully saturated rings. The highest BCUT2D eigenvalue weighted by molar-refractivity contribution is 5.52. The van der Waals surface area contributed by atoms with Gasteiger partial charge in [-0.05, 0) is 48.9 Å². The molecule has 1 atom stereocenters. The molecule has 0 radical (unpaired) electrons. The fourth-order valence-corrected chi connectivity index (χ4v) is 1.63. The maximum absolute atomic E-state index is 10.4. The summed E-state index contributed by atoms with van der Waals surface area (Å²) in [5, 5.41) is 0. The van der Waals surface area contributed by atoms with Crippen molar-refractivity contribution in [3.63, 3.8) is 0 Å². The van der Waals surface area contributed by atoms with E-state index in [1.165, 1.54) is 22.3 Å². The van der Waals surface area contributed by atoms with Crippen LogP contribution in [0.2, 0.25) is 0 Å². The van der Waals surface area contributed by atoms with Crippen LogP contribution in [0.25, 0.3) is 0 Å². The molecular formula is C13H18O. The summed E-state index contributed by atoms with van der Waals surface area (Å²) in [6, 6.07) is 4.38. The second kappa shape index (κ2) is 4.41. The van der Waals surface area contributed by atoms with Gasteiger partial charge in [-0.25, -0.2) is 0 Å². The summed E-state index contributed by atoms with van der Waals surface area (Å²) in [6.07, 6.45) is 1.61. The van der Waals surface area contributed by atoms with Gasteiger partial charge in [-0.1, -0.05) is 19.1 Å². The van der Waals surface area contributed by atoms with Crippen molar-refractivity contribution in [1.82, 2.24) is 0 Å². The molecule has 0 saturated heterocycles. The Morgan fingerprint density at radius 2 is 1.71 bits per heavy atom. The molecule has 76 valence electrons. The van der Waals surface area contributed by atoms with E-state index in [9.17, 15) is 4.79 Å². The second-order valence-electron chi connectivity index (χ2n) is 4.08. The molecule has 0 aliphatic carbocycles. The standard InChI is InChI=1S/C13H18O/c1-9(5-6-14)13-7-10(2)12(4)11(3)8-13/h6-9H,5H2,1-4H3. The maximum atomic E-state index is 10.4. The Balaban J connectivity index is 3.05. The van der Waals surface area contributed by atoms with Gasteiger partial charge in [0, 0.05) is 6.42 Å². The van der Waals surface area contributed by atoms with E-state index in [1.54, 1.807) is 0 Å². The molecule has 0 N–H and O–H groups in total. The molecule has 0 aliphatic heterocycles. The summed E-state index contributed by atoms with van der Waals surface area (Å²) >= 11 is 0. The highest BCUT2D eigenvalue weighted by Gasteiger charge is 2.07. The largest absolute Gasteiger partial charge is 0.303 e. The monoisotopic (exact) mass is 190 g/mol. The highest BCUT2D eigenvalue weighted by Crippen LogP contribution is 2.23. The zero-order chi connectivity index (χ0) is 10.7. The molecule has 0 heterocycles. The Hall–Kier alpha value is -1.11. The van der Waals surface area contributed by atoms with Crippen LogP contribution >= 0.6 is 0 Å². The van der Waals surface area contributed by atoms with Crippen LogP contribution in [0.15, 0.2) is 12.1 Å². The minimum atomic E-state index is 0.338. The fraction of sp³-hybridized carbons (Fsp3) is 0.462. The number of carbonyl (C=O) groups excluding carboxylic acids is 1. The molecule has 1 unspecified atom stereocenters. The third kappa shape index (κ3) is 2.22. The molecule has 14 heavy (non-hydrogen) atoms. The summed E-state index contributed by atoms with van der Waals surface area (Å²) in [6.45, 7) is 8.48. The van der Waals surface area contributed by atoms with Crippen LogP contribution in [0.3, 0.4) is 0 Å². The lowest BCUT2D eigenvalue weighted by atomic mass is 9.92. The summed E-state index contributed by atoms with van der Waals surface area (Å²) in [7, 11) is 0. The Labute approximate surface area is 86.1 Å². The zero-order valence-corrected chi connectivity index (χ0v) is 9.42. The first-order chi connectivity index (χ1) is 6.56. The minimum Gasteiger partial charge on any atom is -0.303 e. The number of hydrogen-bond acceptors (Lipinski definition) is 1. The van der Waals surface area contributed by atoms with E-state index in [4.69, 9.17) is 0 Å². The van der Waals surface area contributed by atoms with Gasteiger partial charge in [-0.2, -0.15) is 0 Å². The molecule has 0 amide bonds. The van der Waals surface area contributed by atoms with Crippen molar-refractivity contribution in [1.29, 1.82) is 0 Å². The SMILES string of the molecule is Cc1cc(C(C)CC=O)cc(C)c1C. The third-order valence-electron chi connectivity index (χ3n) is 2.97. The number of rotatable bonds is 3. The van der Waals surface area contributed by atoms with Gasteiger partial charge in [-0.15, -0.1) is 0 Å². The van der Waals surface area contributed by atoms with Crippen LogP contribution in [0.5, 0.6) is 0 Å². The predicted molar refractivity (Wildman–Crippen MR) is 59.7 cm³/mol. The van der Waals surface area contributed by atoms with Gasteiger partial charge in [-0.3, -0.25) is 0 Å². The van der Waals surface area contributed by atoms with Crippen LogP contribution in [0.1, 0.15) is 41.5 Å². The maximum Gasteiger partial charge on any atom is 0.120 e. The lowest BCUT2D eigenvalue weighted by Crippen LogP contribution is -1.97. The highest BCUT2D eigenvalue weighted by atomic mass is 16.1. The molecule has 1 aromatic carbocycles.